The summed E-state index contributed by atoms with van der Waals surface area (Å²) in [5.41, 5.74) is -0.307. The molecule has 0 aromatic rings. The largest absolute Gasteiger partial charge is 0.378 e. The molecule has 2 saturated heterocycles. The van der Waals surface area contributed by atoms with Crippen LogP contribution in [-0.2, 0) is 14.3 Å². The molecule has 0 aromatic carbocycles. The standard InChI is InChI=1S/C12H22N2O3/c1-16-12(4-6-17-9-12)8-14-11(15)7-10-3-2-5-13-10/h10,13H,2-9H2,1H3,(H,14,15). The molecule has 1 amide bonds. The Kier molecular flexibility index (Phi) is 4.36. The van der Waals surface area contributed by atoms with Crippen molar-refractivity contribution in [3.63, 3.8) is 0 Å². The average molecular weight is 242 g/mol. The Labute approximate surface area is 102 Å². The number of ether oxygens (including phenoxy) is 2. The monoisotopic (exact) mass is 242 g/mol. The van der Waals surface area contributed by atoms with Gasteiger partial charge in [-0.1, -0.05) is 0 Å². The molecule has 5 nitrogen and oxygen atoms in total. The van der Waals surface area contributed by atoms with Gasteiger partial charge in [0.2, 0.25) is 5.91 Å². The first-order chi connectivity index (χ1) is 8.24. The summed E-state index contributed by atoms with van der Waals surface area (Å²) >= 11 is 0. The Morgan fingerprint density at radius 1 is 1.65 bits per heavy atom. The SMILES string of the molecule is COC1(CNC(=O)CC2CCCN2)CCOC1. The van der Waals surface area contributed by atoms with Crippen LogP contribution in [0.5, 0.6) is 0 Å². The third-order valence-electron chi connectivity index (χ3n) is 3.70. The lowest BCUT2D eigenvalue weighted by Gasteiger charge is -2.26. The number of amides is 1. The zero-order chi connectivity index (χ0) is 12.1. The number of carbonyl (C=O) groups is 1. The van der Waals surface area contributed by atoms with Crippen LogP contribution in [0.4, 0.5) is 0 Å². The van der Waals surface area contributed by atoms with Gasteiger partial charge in [-0.15, -0.1) is 0 Å². The van der Waals surface area contributed by atoms with Crippen LogP contribution < -0.4 is 10.6 Å². The van der Waals surface area contributed by atoms with Gasteiger partial charge in [-0.3, -0.25) is 4.79 Å². The van der Waals surface area contributed by atoms with Crippen molar-refractivity contribution in [2.24, 2.45) is 0 Å². The Morgan fingerprint density at radius 2 is 2.53 bits per heavy atom. The average Bonchev–Trinajstić information content (AvgIpc) is 2.98. The predicted octanol–water partition coefficient (Wildman–Crippen LogP) is 0.0502. The van der Waals surface area contributed by atoms with Crippen molar-refractivity contribution < 1.29 is 14.3 Å². The second-order valence-corrected chi connectivity index (χ2v) is 4.96. The molecule has 0 spiro atoms. The highest BCUT2D eigenvalue weighted by atomic mass is 16.5. The molecule has 2 rings (SSSR count). The summed E-state index contributed by atoms with van der Waals surface area (Å²) in [5.74, 6) is 0.104. The molecule has 2 aliphatic rings. The van der Waals surface area contributed by atoms with Gasteiger partial charge in [0.15, 0.2) is 0 Å². The Morgan fingerprint density at radius 3 is 3.12 bits per heavy atom. The van der Waals surface area contributed by atoms with Crippen LogP contribution in [-0.4, -0.2) is 51.0 Å². The summed E-state index contributed by atoms with van der Waals surface area (Å²) in [6.07, 6.45) is 3.70. The van der Waals surface area contributed by atoms with E-state index in [1.807, 2.05) is 0 Å². The highest BCUT2D eigenvalue weighted by molar-refractivity contribution is 5.76. The van der Waals surface area contributed by atoms with Crippen LogP contribution in [0.1, 0.15) is 25.7 Å². The molecule has 2 atom stereocenters. The quantitative estimate of drug-likeness (QED) is 0.715. The topological polar surface area (TPSA) is 59.6 Å². The van der Waals surface area contributed by atoms with E-state index < -0.39 is 0 Å². The minimum absolute atomic E-state index is 0.104. The van der Waals surface area contributed by atoms with E-state index in [0.717, 1.165) is 19.4 Å². The highest BCUT2D eigenvalue weighted by Gasteiger charge is 2.35. The van der Waals surface area contributed by atoms with Crippen LogP contribution in [0.3, 0.4) is 0 Å². The van der Waals surface area contributed by atoms with E-state index in [4.69, 9.17) is 9.47 Å². The number of hydrogen-bond donors (Lipinski definition) is 2. The van der Waals surface area contributed by atoms with Crippen molar-refractivity contribution in [1.82, 2.24) is 10.6 Å². The maximum absolute atomic E-state index is 11.8. The molecule has 0 radical (unpaired) electrons. The molecule has 0 aliphatic carbocycles. The molecule has 2 heterocycles. The van der Waals surface area contributed by atoms with Crippen molar-refractivity contribution in [2.75, 3.05) is 33.4 Å². The molecular weight excluding hydrogens is 220 g/mol. The summed E-state index contributed by atoms with van der Waals surface area (Å²) in [7, 11) is 1.68. The van der Waals surface area contributed by atoms with Gasteiger partial charge in [0.25, 0.3) is 0 Å². The van der Waals surface area contributed by atoms with Crippen LogP contribution in [0.15, 0.2) is 0 Å². The Bertz CT molecular complexity index is 258. The fraction of sp³-hybridized carbons (Fsp3) is 0.917. The minimum Gasteiger partial charge on any atom is -0.378 e. The number of nitrogens with one attached hydrogen (secondary N) is 2. The summed E-state index contributed by atoms with van der Waals surface area (Å²) in [5, 5.41) is 6.28. The van der Waals surface area contributed by atoms with Gasteiger partial charge in [0.1, 0.15) is 5.60 Å². The van der Waals surface area contributed by atoms with Gasteiger partial charge < -0.3 is 20.1 Å². The van der Waals surface area contributed by atoms with E-state index in [0.29, 0.717) is 32.2 Å². The van der Waals surface area contributed by atoms with Gasteiger partial charge in [-0.05, 0) is 19.4 Å². The van der Waals surface area contributed by atoms with Gasteiger partial charge in [0, 0.05) is 39.1 Å². The first-order valence-corrected chi connectivity index (χ1v) is 6.37. The first kappa shape index (κ1) is 12.8. The van der Waals surface area contributed by atoms with E-state index in [9.17, 15) is 4.79 Å². The number of hydrogen-bond acceptors (Lipinski definition) is 4. The third-order valence-corrected chi connectivity index (χ3v) is 3.70. The zero-order valence-electron chi connectivity index (χ0n) is 10.5. The van der Waals surface area contributed by atoms with E-state index in [1.165, 1.54) is 6.42 Å². The molecule has 2 aliphatic heterocycles. The van der Waals surface area contributed by atoms with E-state index in [-0.39, 0.29) is 11.5 Å². The second-order valence-electron chi connectivity index (χ2n) is 4.96. The molecule has 2 N–H and O–H groups in total. The summed E-state index contributed by atoms with van der Waals surface area (Å²) in [4.78, 5) is 11.8. The zero-order valence-corrected chi connectivity index (χ0v) is 10.5. The van der Waals surface area contributed by atoms with Crippen LogP contribution in [0.25, 0.3) is 0 Å². The maximum atomic E-state index is 11.8. The second kappa shape index (κ2) is 5.80. The van der Waals surface area contributed by atoms with Crippen molar-refractivity contribution >= 4 is 5.91 Å². The molecule has 5 heteroatoms. The normalized spacial score (nSPS) is 32.9. The van der Waals surface area contributed by atoms with E-state index >= 15 is 0 Å². The van der Waals surface area contributed by atoms with Crippen molar-refractivity contribution in [1.29, 1.82) is 0 Å². The molecule has 0 saturated carbocycles. The van der Waals surface area contributed by atoms with Gasteiger partial charge in [-0.2, -0.15) is 0 Å². The molecule has 2 unspecified atom stereocenters. The molecule has 2 fully saturated rings. The third kappa shape index (κ3) is 3.40. The maximum Gasteiger partial charge on any atom is 0.221 e. The number of carbonyl (C=O) groups excluding carboxylic acids is 1. The predicted molar refractivity (Wildman–Crippen MR) is 63.8 cm³/mol. The summed E-state index contributed by atoms with van der Waals surface area (Å²) in [6.45, 7) is 2.88. The van der Waals surface area contributed by atoms with Crippen molar-refractivity contribution in [2.45, 2.75) is 37.3 Å². The molecule has 0 bridgehead atoms. The molecular formula is C12H22N2O3. The Balaban J connectivity index is 1.71. The fourth-order valence-electron chi connectivity index (χ4n) is 2.45. The lowest BCUT2D eigenvalue weighted by atomic mass is 10.0. The molecule has 17 heavy (non-hydrogen) atoms. The van der Waals surface area contributed by atoms with E-state index in [2.05, 4.69) is 10.6 Å². The lowest BCUT2D eigenvalue weighted by Crippen LogP contribution is -2.45. The highest BCUT2D eigenvalue weighted by Crippen LogP contribution is 2.21. The number of methoxy groups -OCH3 is 1. The van der Waals surface area contributed by atoms with Gasteiger partial charge in [0.05, 0.1) is 6.61 Å². The van der Waals surface area contributed by atoms with Crippen LogP contribution in [0.2, 0.25) is 0 Å². The fourth-order valence-corrected chi connectivity index (χ4v) is 2.45. The summed E-state index contributed by atoms with van der Waals surface area (Å²) in [6, 6.07) is 0.355. The Hall–Kier alpha value is -0.650. The van der Waals surface area contributed by atoms with Crippen molar-refractivity contribution in [3.8, 4) is 0 Å². The lowest BCUT2D eigenvalue weighted by molar-refractivity contribution is -0.123. The molecule has 98 valence electrons. The van der Waals surface area contributed by atoms with E-state index in [1.54, 1.807) is 7.11 Å². The van der Waals surface area contributed by atoms with Crippen molar-refractivity contribution in [3.05, 3.63) is 0 Å². The summed E-state index contributed by atoms with van der Waals surface area (Å²) < 4.78 is 10.8. The van der Waals surface area contributed by atoms with Crippen LogP contribution in [0, 0.1) is 0 Å². The smallest absolute Gasteiger partial charge is 0.221 e. The molecule has 0 aromatic heterocycles. The minimum atomic E-state index is -0.307. The van der Waals surface area contributed by atoms with Gasteiger partial charge in [-0.25, -0.2) is 0 Å². The van der Waals surface area contributed by atoms with Crippen LogP contribution >= 0.6 is 0 Å². The first-order valence-electron chi connectivity index (χ1n) is 6.37. The van der Waals surface area contributed by atoms with Gasteiger partial charge >= 0.3 is 0 Å². The number of rotatable bonds is 5.